The van der Waals surface area contributed by atoms with Crippen LogP contribution in [0.1, 0.15) is 24.0 Å². The first-order valence-electron chi connectivity index (χ1n) is 6.66. The zero-order valence-electron chi connectivity index (χ0n) is 11.0. The zero-order valence-corrected chi connectivity index (χ0v) is 11.0. The number of benzene rings is 1. The largest absolute Gasteiger partial charge is 0.310 e. The SMILES string of the molecule is Cc1cncc(-c2cc(F)ccc2CNC2CC2)c1. The molecule has 1 heterocycles. The number of hydrogen-bond acceptors (Lipinski definition) is 2. The van der Waals surface area contributed by atoms with Gasteiger partial charge >= 0.3 is 0 Å². The van der Waals surface area contributed by atoms with E-state index < -0.39 is 0 Å². The highest BCUT2D eigenvalue weighted by atomic mass is 19.1. The molecule has 1 N–H and O–H groups in total. The Morgan fingerprint density at radius 1 is 1.26 bits per heavy atom. The topological polar surface area (TPSA) is 24.9 Å². The third-order valence-electron chi connectivity index (χ3n) is 3.42. The van der Waals surface area contributed by atoms with Crippen molar-refractivity contribution < 1.29 is 4.39 Å². The molecule has 1 saturated carbocycles. The average molecular weight is 256 g/mol. The molecule has 1 aromatic carbocycles. The van der Waals surface area contributed by atoms with E-state index in [4.69, 9.17) is 0 Å². The van der Waals surface area contributed by atoms with Gasteiger partial charge in [-0.3, -0.25) is 4.98 Å². The smallest absolute Gasteiger partial charge is 0.123 e. The van der Waals surface area contributed by atoms with E-state index in [1.807, 2.05) is 25.3 Å². The predicted octanol–water partition coefficient (Wildman–Crippen LogP) is 3.45. The van der Waals surface area contributed by atoms with E-state index in [1.165, 1.54) is 18.9 Å². The molecule has 0 radical (unpaired) electrons. The number of nitrogens with one attached hydrogen (secondary N) is 1. The molecule has 3 rings (SSSR count). The van der Waals surface area contributed by atoms with Crippen LogP contribution >= 0.6 is 0 Å². The summed E-state index contributed by atoms with van der Waals surface area (Å²) in [5.41, 5.74) is 4.13. The normalized spacial score (nSPS) is 14.6. The minimum absolute atomic E-state index is 0.202. The molecule has 1 aromatic heterocycles. The second-order valence-corrected chi connectivity index (χ2v) is 5.21. The summed E-state index contributed by atoms with van der Waals surface area (Å²) in [6.45, 7) is 2.78. The lowest BCUT2D eigenvalue weighted by molar-refractivity contribution is 0.625. The van der Waals surface area contributed by atoms with Gasteiger partial charge in [0.1, 0.15) is 5.82 Å². The van der Waals surface area contributed by atoms with Crippen molar-refractivity contribution in [3.63, 3.8) is 0 Å². The lowest BCUT2D eigenvalue weighted by Crippen LogP contribution is -2.16. The fraction of sp³-hybridized carbons (Fsp3) is 0.312. The second kappa shape index (κ2) is 5.10. The average Bonchev–Trinajstić information content (AvgIpc) is 3.21. The summed E-state index contributed by atoms with van der Waals surface area (Å²) in [6, 6.07) is 7.68. The van der Waals surface area contributed by atoms with Crippen molar-refractivity contribution in [2.45, 2.75) is 32.4 Å². The molecule has 19 heavy (non-hydrogen) atoms. The zero-order chi connectivity index (χ0) is 13.2. The summed E-state index contributed by atoms with van der Waals surface area (Å²) in [6.07, 6.45) is 6.11. The monoisotopic (exact) mass is 256 g/mol. The van der Waals surface area contributed by atoms with Crippen molar-refractivity contribution in [2.75, 3.05) is 0 Å². The Morgan fingerprint density at radius 2 is 2.11 bits per heavy atom. The highest BCUT2D eigenvalue weighted by Gasteiger charge is 2.20. The summed E-state index contributed by atoms with van der Waals surface area (Å²) in [7, 11) is 0. The second-order valence-electron chi connectivity index (χ2n) is 5.21. The van der Waals surface area contributed by atoms with E-state index in [9.17, 15) is 4.39 Å². The van der Waals surface area contributed by atoms with Gasteiger partial charge in [-0.2, -0.15) is 0 Å². The van der Waals surface area contributed by atoms with Crippen LogP contribution in [0.25, 0.3) is 11.1 Å². The van der Waals surface area contributed by atoms with Crippen LogP contribution in [-0.2, 0) is 6.54 Å². The Morgan fingerprint density at radius 3 is 2.84 bits per heavy atom. The fourth-order valence-electron chi connectivity index (χ4n) is 2.22. The predicted molar refractivity (Wildman–Crippen MR) is 74.2 cm³/mol. The maximum Gasteiger partial charge on any atom is 0.123 e. The molecular formula is C16H17FN2. The number of rotatable bonds is 4. The van der Waals surface area contributed by atoms with Crippen LogP contribution in [0.5, 0.6) is 0 Å². The Hall–Kier alpha value is -1.74. The van der Waals surface area contributed by atoms with E-state index in [1.54, 1.807) is 12.3 Å². The molecule has 1 aliphatic rings. The van der Waals surface area contributed by atoms with Gasteiger partial charge in [0.15, 0.2) is 0 Å². The highest BCUT2D eigenvalue weighted by Crippen LogP contribution is 2.26. The van der Waals surface area contributed by atoms with Crippen LogP contribution in [0, 0.1) is 12.7 Å². The molecule has 0 aliphatic heterocycles. The molecule has 1 aliphatic carbocycles. The lowest BCUT2D eigenvalue weighted by atomic mass is 10.00. The Kier molecular flexibility index (Phi) is 3.30. The first-order valence-corrected chi connectivity index (χ1v) is 6.66. The third-order valence-corrected chi connectivity index (χ3v) is 3.42. The summed E-state index contributed by atoms with van der Waals surface area (Å²) in [5.74, 6) is -0.202. The van der Waals surface area contributed by atoms with Gasteiger partial charge in [-0.25, -0.2) is 4.39 Å². The molecule has 0 atom stereocenters. The summed E-state index contributed by atoms with van der Waals surface area (Å²) >= 11 is 0. The maximum absolute atomic E-state index is 13.5. The standard InChI is InChI=1S/C16H17FN2/c1-11-6-13(9-18-8-11)16-7-14(17)3-2-12(16)10-19-15-4-5-15/h2-3,6-9,15,19H,4-5,10H2,1H3. The molecule has 0 amide bonds. The Balaban J connectivity index is 1.94. The van der Waals surface area contributed by atoms with Gasteiger partial charge in [-0.15, -0.1) is 0 Å². The van der Waals surface area contributed by atoms with Crippen molar-refractivity contribution in [2.24, 2.45) is 0 Å². The van der Waals surface area contributed by atoms with Crippen LogP contribution in [0.4, 0.5) is 4.39 Å². The molecule has 0 spiro atoms. The Bertz CT molecular complexity index is 591. The lowest BCUT2D eigenvalue weighted by Gasteiger charge is -2.11. The number of aromatic nitrogens is 1. The van der Waals surface area contributed by atoms with E-state index in [0.717, 1.165) is 28.8 Å². The van der Waals surface area contributed by atoms with Gasteiger partial charge in [0, 0.05) is 30.5 Å². The number of hydrogen-bond donors (Lipinski definition) is 1. The van der Waals surface area contributed by atoms with Gasteiger partial charge in [0.2, 0.25) is 0 Å². The van der Waals surface area contributed by atoms with Crippen molar-refractivity contribution in [1.29, 1.82) is 0 Å². The van der Waals surface area contributed by atoms with E-state index in [2.05, 4.69) is 10.3 Å². The van der Waals surface area contributed by atoms with Crippen LogP contribution in [0.15, 0.2) is 36.7 Å². The van der Waals surface area contributed by atoms with Crippen molar-refractivity contribution >= 4 is 0 Å². The van der Waals surface area contributed by atoms with Gasteiger partial charge in [0.25, 0.3) is 0 Å². The summed E-state index contributed by atoms with van der Waals surface area (Å²) < 4.78 is 13.5. The Labute approximate surface area is 112 Å². The van der Waals surface area contributed by atoms with Crippen LogP contribution < -0.4 is 5.32 Å². The molecule has 98 valence electrons. The molecule has 0 bridgehead atoms. The molecular weight excluding hydrogens is 239 g/mol. The van der Waals surface area contributed by atoms with E-state index >= 15 is 0 Å². The van der Waals surface area contributed by atoms with Crippen LogP contribution in [0.2, 0.25) is 0 Å². The van der Waals surface area contributed by atoms with Crippen molar-refractivity contribution in [3.8, 4) is 11.1 Å². The highest BCUT2D eigenvalue weighted by molar-refractivity contribution is 5.67. The molecule has 2 nitrogen and oxygen atoms in total. The van der Waals surface area contributed by atoms with Gasteiger partial charge < -0.3 is 5.32 Å². The number of halogens is 1. The van der Waals surface area contributed by atoms with Crippen LogP contribution in [0.3, 0.4) is 0 Å². The van der Waals surface area contributed by atoms with Gasteiger partial charge in [0.05, 0.1) is 0 Å². The first kappa shape index (κ1) is 12.3. The van der Waals surface area contributed by atoms with E-state index in [0.29, 0.717) is 6.04 Å². The number of nitrogens with zero attached hydrogens (tertiary/aromatic N) is 1. The van der Waals surface area contributed by atoms with Gasteiger partial charge in [-0.05, 0) is 54.7 Å². The summed E-state index contributed by atoms with van der Waals surface area (Å²) in [4.78, 5) is 4.20. The van der Waals surface area contributed by atoms with E-state index in [-0.39, 0.29) is 5.82 Å². The molecule has 0 saturated heterocycles. The number of aryl methyl sites for hydroxylation is 1. The molecule has 3 heteroatoms. The molecule has 1 fully saturated rings. The minimum atomic E-state index is -0.202. The first-order chi connectivity index (χ1) is 9.22. The molecule has 2 aromatic rings. The third kappa shape index (κ3) is 2.99. The minimum Gasteiger partial charge on any atom is -0.310 e. The summed E-state index contributed by atoms with van der Waals surface area (Å²) in [5, 5.41) is 3.47. The fourth-order valence-corrected chi connectivity index (χ4v) is 2.22. The van der Waals surface area contributed by atoms with Crippen molar-refractivity contribution in [1.82, 2.24) is 10.3 Å². The van der Waals surface area contributed by atoms with Crippen LogP contribution in [-0.4, -0.2) is 11.0 Å². The van der Waals surface area contributed by atoms with Crippen molar-refractivity contribution in [3.05, 3.63) is 53.6 Å². The maximum atomic E-state index is 13.5. The van der Waals surface area contributed by atoms with Gasteiger partial charge in [-0.1, -0.05) is 6.07 Å². The number of pyridine rings is 1. The quantitative estimate of drug-likeness (QED) is 0.906. The molecule has 0 unspecified atom stereocenters.